The minimum Gasteiger partial charge on any atom is -0.457 e. The second-order valence-corrected chi connectivity index (χ2v) is 6.91. The average molecular weight is 290 g/mol. The van der Waals surface area contributed by atoms with Crippen LogP contribution in [0.1, 0.15) is 45.6 Å². The molecule has 0 aliphatic heterocycles. The summed E-state index contributed by atoms with van der Waals surface area (Å²) in [6.07, 6.45) is 7.42. The van der Waals surface area contributed by atoms with Gasteiger partial charge in [0.05, 0.1) is 0 Å². The maximum Gasteiger partial charge on any atom is 0.372 e. The Morgan fingerprint density at radius 1 is 1.43 bits per heavy atom. The number of esters is 1. The molecular formula is C18H28NO2+. The molecule has 0 saturated heterocycles. The van der Waals surface area contributed by atoms with Crippen molar-refractivity contribution in [3.63, 3.8) is 0 Å². The first-order chi connectivity index (χ1) is 9.95. The zero-order valence-corrected chi connectivity index (χ0v) is 13.7. The Bertz CT molecular complexity index is 484. The van der Waals surface area contributed by atoms with Crippen LogP contribution in [0.25, 0.3) is 0 Å². The van der Waals surface area contributed by atoms with E-state index in [2.05, 4.69) is 20.8 Å². The van der Waals surface area contributed by atoms with Crippen molar-refractivity contribution in [1.29, 1.82) is 0 Å². The summed E-state index contributed by atoms with van der Waals surface area (Å²) >= 11 is 0. The molecule has 1 saturated carbocycles. The van der Waals surface area contributed by atoms with E-state index in [1.165, 1.54) is 12.8 Å². The highest BCUT2D eigenvalue weighted by atomic mass is 16.5. The number of aromatic nitrogens is 1. The molecule has 0 radical (unpaired) electrons. The summed E-state index contributed by atoms with van der Waals surface area (Å²) in [5.41, 5.74) is 1.15. The third kappa shape index (κ3) is 4.55. The molecule has 21 heavy (non-hydrogen) atoms. The number of hydrogen-bond donors (Lipinski definition) is 0. The number of carbonyl (C=O) groups is 1. The fraction of sp³-hybridized carbons (Fsp3) is 0.667. The Kier molecular flexibility index (Phi) is 5.38. The lowest BCUT2D eigenvalue weighted by Crippen LogP contribution is -2.42. The van der Waals surface area contributed by atoms with Crippen LogP contribution in [0.5, 0.6) is 0 Å². The zero-order valence-electron chi connectivity index (χ0n) is 13.7. The molecule has 0 unspecified atom stereocenters. The Hall–Kier alpha value is -1.38. The smallest absolute Gasteiger partial charge is 0.372 e. The van der Waals surface area contributed by atoms with Crippen LogP contribution >= 0.6 is 0 Å². The molecule has 1 heterocycles. The predicted octanol–water partition coefficient (Wildman–Crippen LogP) is 3.29. The van der Waals surface area contributed by atoms with Crippen LogP contribution in [-0.4, -0.2) is 12.1 Å². The summed E-state index contributed by atoms with van der Waals surface area (Å²) in [6.45, 7) is 9.05. The number of nitrogens with zero attached hydrogens (tertiary/aromatic N) is 1. The van der Waals surface area contributed by atoms with Crippen molar-refractivity contribution < 1.29 is 14.1 Å². The molecule has 1 aromatic rings. The average Bonchev–Trinajstić information content (AvgIpc) is 2.38. The Morgan fingerprint density at radius 3 is 2.86 bits per heavy atom. The van der Waals surface area contributed by atoms with Gasteiger partial charge in [-0.2, -0.15) is 4.57 Å². The molecule has 1 aliphatic carbocycles. The third-order valence-electron chi connectivity index (χ3n) is 4.56. The first-order valence-corrected chi connectivity index (χ1v) is 8.11. The topological polar surface area (TPSA) is 30.2 Å². The number of rotatable bonds is 4. The third-order valence-corrected chi connectivity index (χ3v) is 4.56. The van der Waals surface area contributed by atoms with Gasteiger partial charge in [0, 0.05) is 11.6 Å². The van der Waals surface area contributed by atoms with Crippen LogP contribution in [0.15, 0.2) is 24.5 Å². The molecule has 1 aliphatic rings. The van der Waals surface area contributed by atoms with E-state index in [4.69, 9.17) is 4.74 Å². The fourth-order valence-electron chi connectivity index (χ4n) is 3.36. The van der Waals surface area contributed by atoms with E-state index in [-0.39, 0.29) is 12.1 Å². The van der Waals surface area contributed by atoms with Gasteiger partial charge in [-0.1, -0.05) is 27.2 Å². The normalized spacial score (nSPS) is 25.9. The summed E-state index contributed by atoms with van der Waals surface area (Å²) in [4.78, 5) is 12.2. The maximum atomic E-state index is 12.2. The van der Waals surface area contributed by atoms with Gasteiger partial charge in [-0.25, -0.2) is 4.79 Å². The predicted molar refractivity (Wildman–Crippen MR) is 82.6 cm³/mol. The minimum atomic E-state index is -0.115. The van der Waals surface area contributed by atoms with Gasteiger partial charge in [0.1, 0.15) is 6.10 Å². The minimum absolute atomic E-state index is 0.0895. The van der Waals surface area contributed by atoms with Crippen LogP contribution in [-0.2, 0) is 16.1 Å². The lowest BCUT2D eigenvalue weighted by molar-refractivity contribution is -0.686. The van der Waals surface area contributed by atoms with E-state index in [1.54, 1.807) is 0 Å². The van der Waals surface area contributed by atoms with Crippen molar-refractivity contribution in [2.24, 2.45) is 17.8 Å². The molecule has 2 rings (SSSR count). The molecule has 3 nitrogen and oxygen atoms in total. The Balaban J connectivity index is 1.96. The molecule has 3 heteroatoms. The SMILES string of the molecule is Cc1ccc[n+](CC(=O)O[C@@H]2C[C@@H](C)CC[C@H]2C(C)C)c1. The van der Waals surface area contributed by atoms with E-state index >= 15 is 0 Å². The second kappa shape index (κ2) is 7.06. The first-order valence-electron chi connectivity index (χ1n) is 8.11. The summed E-state index contributed by atoms with van der Waals surface area (Å²) in [5.74, 6) is 1.62. The second-order valence-electron chi connectivity index (χ2n) is 6.91. The number of ether oxygens (including phenoxy) is 1. The van der Waals surface area contributed by atoms with Crippen LogP contribution < -0.4 is 4.57 Å². The molecule has 0 N–H and O–H groups in total. The molecule has 1 aromatic heterocycles. The van der Waals surface area contributed by atoms with Gasteiger partial charge < -0.3 is 4.74 Å². The van der Waals surface area contributed by atoms with E-state index in [1.807, 2.05) is 36.0 Å². The summed E-state index contributed by atoms with van der Waals surface area (Å²) in [6, 6.07) is 3.99. The lowest BCUT2D eigenvalue weighted by Gasteiger charge is -2.36. The highest BCUT2D eigenvalue weighted by Gasteiger charge is 2.33. The summed E-state index contributed by atoms with van der Waals surface area (Å²) in [7, 11) is 0. The Morgan fingerprint density at radius 2 is 2.19 bits per heavy atom. The van der Waals surface area contributed by atoms with E-state index in [0.717, 1.165) is 12.0 Å². The summed E-state index contributed by atoms with van der Waals surface area (Å²) < 4.78 is 7.72. The fourth-order valence-corrected chi connectivity index (χ4v) is 3.36. The maximum absolute atomic E-state index is 12.2. The van der Waals surface area contributed by atoms with Gasteiger partial charge >= 0.3 is 5.97 Å². The van der Waals surface area contributed by atoms with Gasteiger partial charge in [-0.3, -0.25) is 0 Å². The molecule has 0 aromatic carbocycles. The zero-order chi connectivity index (χ0) is 15.4. The van der Waals surface area contributed by atoms with E-state index < -0.39 is 0 Å². The van der Waals surface area contributed by atoms with Crippen molar-refractivity contribution in [3.8, 4) is 0 Å². The van der Waals surface area contributed by atoms with E-state index in [0.29, 0.717) is 24.3 Å². The van der Waals surface area contributed by atoms with E-state index in [9.17, 15) is 4.79 Å². The molecule has 3 atom stereocenters. The quantitative estimate of drug-likeness (QED) is 0.629. The lowest BCUT2D eigenvalue weighted by atomic mass is 9.75. The van der Waals surface area contributed by atoms with Gasteiger partial charge in [0.15, 0.2) is 12.4 Å². The number of hydrogen-bond acceptors (Lipinski definition) is 2. The van der Waals surface area contributed by atoms with Crippen molar-refractivity contribution in [2.45, 2.75) is 59.6 Å². The summed E-state index contributed by atoms with van der Waals surface area (Å²) in [5, 5.41) is 0. The molecule has 0 bridgehead atoms. The number of pyridine rings is 1. The van der Waals surface area contributed by atoms with Crippen LogP contribution in [0.3, 0.4) is 0 Å². The van der Waals surface area contributed by atoms with Crippen molar-refractivity contribution in [3.05, 3.63) is 30.1 Å². The molecule has 116 valence electrons. The molecular weight excluding hydrogens is 262 g/mol. The van der Waals surface area contributed by atoms with Crippen LogP contribution in [0.4, 0.5) is 0 Å². The molecule has 0 spiro atoms. The standard InChI is InChI=1S/C18H28NO2/c1-13(2)16-8-7-14(3)10-17(16)21-18(20)12-19-9-5-6-15(4)11-19/h5-6,9,11,13-14,16-17H,7-8,10,12H2,1-4H3/q+1/t14-,16-,17+/m0/s1. The number of aryl methyl sites for hydroxylation is 1. The highest BCUT2D eigenvalue weighted by molar-refractivity contribution is 5.67. The molecule has 1 fully saturated rings. The number of carbonyl (C=O) groups excluding carboxylic acids is 1. The first kappa shape index (κ1) is 16.0. The largest absolute Gasteiger partial charge is 0.457 e. The Labute approximate surface area is 128 Å². The van der Waals surface area contributed by atoms with Crippen molar-refractivity contribution >= 4 is 5.97 Å². The van der Waals surface area contributed by atoms with Crippen LogP contribution in [0, 0.1) is 24.7 Å². The van der Waals surface area contributed by atoms with Crippen molar-refractivity contribution in [2.75, 3.05) is 0 Å². The monoisotopic (exact) mass is 290 g/mol. The van der Waals surface area contributed by atoms with Gasteiger partial charge in [-0.05, 0) is 43.6 Å². The van der Waals surface area contributed by atoms with Gasteiger partial charge in [0.25, 0.3) is 0 Å². The highest BCUT2D eigenvalue weighted by Crippen LogP contribution is 2.35. The van der Waals surface area contributed by atoms with Crippen molar-refractivity contribution in [1.82, 2.24) is 0 Å². The van der Waals surface area contributed by atoms with Gasteiger partial charge in [0.2, 0.25) is 6.54 Å². The van der Waals surface area contributed by atoms with Gasteiger partial charge in [-0.15, -0.1) is 0 Å². The van der Waals surface area contributed by atoms with Crippen LogP contribution in [0.2, 0.25) is 0 Å². The molecule has 0 amide bonds.